The molecule has 3 aromatic heterocycles. The zero-order valence-corrected chi connectivity index (χ0v) is 23.7. The van der Waals surface area contributed by atoms with Crippen LogP contribution < -0.4 is 15.3 Å². The van der Waals surface area contributed by atoms with E-state index in [0.717, 1.165) is 27.9 Å². The molecule has 212 valence electrons. The SMILES string of the molecule is C/C1=C\N(Nc2ccc(N3CCN(C(=O)OC(C)(C)C)CC3)cn2)c2ncc(F)c(n2)-c2ccc3nn(C)c1c3c2. The van der Waals surface area contributed by atoms with Crippen LogP contribution in [0.2, 0.25) is 0 Å². The predicted molar refractivity (Wildman–Crippen MR) is 156 cm³/mol. The molecule has 11 nitrogen and oxygen atoms in total. The number of amides is 1. The highest BCUT2D eigenvalue weighted by atomic mass is 19.1. The number of nitrogens with zero attached hydrogens (tertiary/aromatic N) is 8. The first-order valence-corrected chi connectivity index (χ1v) is 13.5. The molecule has 6 rings (SSSR count). The summed E-state index contributed by atoms with van der Waals surface area (Å²) >= 11 is 0. The van der Waals surface area contributed by atoms with Gasteiger partial charge in [-0.25, -0.2) is 29.1 Å². The number of hydrogen-bond acceptors (Lipinski definition) is 9. The standard InChI is InChI=1S/C29H32FN9O2/c1-18-17-39(27-32-16-22(30)25(33-27)19-6-8-23-21(14-19)26(18)36(5)34-23)35-24-9-7-20(15-31-24)37-10-12-38(13-11-37)28(40)41-29(2,3)4/h6-9,14-17H,10-13H2,1-5H3,(H,31,35)/b18-17+. The average Bonchev–Trinajstić information content (AvgIpc) is 3.27. The fourth-order valence-corrected chi connectivity index (χ4v) is 5.12. The van der Waals surface area contributed by atoms with Crippen molar-refractivity contribution in [3.63, 3.8) is 0 Å². The van der Waals surface area contributed by atoms with Crippen molar-refractivity contribution in [1.29, 1.82) is 0 Å². The second kappa shape index (κ2) is 10.0. The lowest BCUT2D eigenvalue weighted by Gasteiger charge is -2.36. The summed E-state index contributed by atoms with van der Waals surface area (Å²) in [6.07, 6.45) is 4.54. The van der Waals surface area contributed by atoms with E-state index in [0.29, 0.717) is 37.6 Å². The van der Waals surface area contributed by atoms with Crippen LogP contribution >= 0.6 is 0 Å². The van der Waals surface area contributed by atoms with Crippen LogP contribution in [0.5, 0.6) is 0 Å². The Morgan fingerprint density at radius 1 is 1.05 bits per heavy atom. The molecule has 2 aliphatic heterocycles. The zero-order valence-electron chi connectivity index (χ0n) is 23.7. The molecular weight excluding hydrogens is 525 g/mol. The van der Waals surface area contributed by atoms with Crippen molar-refractivity contribution in [3.05, 3.63) is 60.4 Å². The molecule has 1 amide bonds. The molecule has 12 heteroatoms. The Bertz CT molecular complexity index is 1650. The maximum atomic E-state index is 14.9. The number of pyridine rings is 1. The monoisotopic (exact) mass is 557 g/mol. The fourth-order valence-electron chi connectivity index (χ4n) is 5.12. The Kier molecular flexibility index (Phi) is 6.47. The number of aromatic nitrogens is 5. The van der Waals surface area contributed by atoms with Gasteiger partial charge in [-0.05, 0) is 57.5 Å². The van der Waals surface area contributed by atoms with Crippen molar-refractivity contribution in [2.24, 2.45) is 7.05 Å². The lowest BCUT2D eigenvalue weighted by molar-refractivity contribution is 0.0240. The van der Waals surface area contributed by atoms with Crippen molar-refractivity contribution in [2.45, 2.75) is 33.3 Å². The van der Waals surface area contributed by atoms with Gasteiger partial charge in [0.2, 0.25) is 5.95 Å². The van der Waals surface area contributed by atoms with Crippen LogP contribution in [0.15, 0.2) is 48.9 Å². The Labute approximate surface area is 237 Å². The summed E-state index contributed by atoms with van der Waals surface area (Å²) in [5, 5.41) is 7.18. The smallest absolute Gasteiger partial charge is 0.410 e. The number of ether oxygens (including phenoxy) is 1. The maximum absolute atomic E-state index is 14.9. The third-order valence-electron chi connectivity index (χ3n) is 7.03. The summed E-state index contributed by atoms with van der Waals surface area (Å²) in [5.74, 6) is 0.329. The highest BCUT2D eigenvalue weighted by molar-refractivity contribution is 5.93. The van der Waals surface area contributed by atoms with Gasteiger partial charge in [0, 0.05) is 50.4 Å². The van der Waals surface area contributed by atoms with Gasteiger partial charge in [-0.3, -0.25) is 10.1 Å². The molecule has 1 fully saturated rings. The Hall–Kier alpha value is -4.74. The zero-order chi connectivity index (χ0) is 28.9. The molecule has 1 aromatic carbocycles. The van der Waals surface area contributed by atoms with Crippen molar-refractivity contribution in [1.82, 2.24) is 29.6 Å². The third kappa shape index (κ3) is 5.24. The van der Waals surface area contributed by atoms with Gasteiger partial charge in [0.05, 0.1) is 29.3 Å². The summed E-state index contributed by atoms with van der Waals surface area (Å²) in [5.41, 5.74) is 7.19. The number of piperazine rings is 1. The molecule has 0 radical (unpaired) electrons. The Balaban J connectivity index is 1.23. The van der Waals surface area contributed by atoms with Crippen LogP contribution in [0.3, 0.4) is 0 Å². The number of hydrogen-bond donors (Lipinski definition) is 1. The van der Waals surface area contributed by atoms with E-state index in [2.05, 4.69) is 30.4 Å². The van der Waals surface area contributed by atoms with E-state index in [1.54, 1.807) is 16.1 Å². The molecule has 2 aliphatic rings. The number of fused-ring (bicyclic) bond motifs is 4. The minimum Gasteiger partial charge on any atom is -0.444 e. The number of aryl methyl sites for hydroxylation is 1. The second-order valence-corrected chi connectivity index (χ2v) is 11.2. The molecule has 0 aliphatic carbocycles. The largest absolute Gasteiger partial charge is 0.444 e. The molecule has 0 spiro atoms. The summed E-state index contributed by atoms with van der Waals surface area (Å²) < 4.78 is 22.2. The van der Waals surface area contributed by atoms with Gasteiger partial charge in [0.25, 0.3) is 0 Å². The molecule has 0 saturated carbocycles. The van der Waals surface area contributed by atoms with Crippen LogP contribution in [0.25, 0.3) is 27.7 Å². The molecule has 0 atom stereocenters. The number of hydrazine groups is 1. The topological polar surface area (TPSA) is 105 Å². The van der Waals surface area contributed by atoms with Gasteiger partial charge in [0.1, 0.15) is 17.1 Å². The first-order valence-electron chi connectivity index (χ1n) is 13.5. The van der Waals surface area contributed by atoms with Gasteiger partial charge in [0.15, 0.2) is 5.82 Å². The Morgan fingerprint density at radius 2 is 1.83 bits per heavy atom. The molecule has 1 N–H and O–H groups in total. The van der Waals surface area contributed by atoms with E-state index >= 15 is 0 Å². The number of benzene rings is 1. The van der Waals surface area contributed by atoms with E-state index in [1.165, 1.54) is 6.20 Å². The van der Waals surface area contributed by atoms with E-state index in [9.17, 15) is 9.18 Å². The van der Waals surface area contributed by atoms with Crippen molar-refractivity contribution < 1.29 is 13.9 Å². The van der Waals surface area contributed by atoms with Crippen LogP contribution in [-0.4, -0.2) is 67.5 Å². The number of carbonyl (C=O) groups is 1. The van der Waals surface area contributed by atoms with E-state index in [1.807, 2.05) is 76.0 Å². The molecule has 41 heavy (non-hydrogen) atoms. The predicted octanol–water partition coefficient (Wildman–Crippen LogP) is 4.83. The van der Waals surface area contributed by atoms with Gasteiger partial charge >= 0.3 is 6.09 Å². The van der Waals surface area contributed by atoms with Gasteiger partial charge in [-0.15, -0.1) is 0 Å². The molecule has 4 bridgehead atoms. The quantitative estimate of drug-likeness (QED) is 0.379. The van der Waals surface area contributed by atoms with Gasteiger partial charge < -0.3 is 14.5 Å². The number of nitrogens with one attached hydrogen (secondary N) is 1. The average molecular weight is 558 g/mol. The highest BCUT2D eigenvalue weighted by Crippen LogP contribution is 2.32. The first-order chi connectivity index (χ1) is 19.6. The molecule has 0 unspecified atom stereocenters. The van der Waals surface area contributed by atoms with E-state index in [-0.39, 0.29) is 17.7 Å². The number of rotatable bonds is 3. The van der Waals surface area contributed by atoms with Crippen LogP contribution in [0.4, 0.5) is 26.6 Å². The van der Waals surface area contributed by atoms with Crippen LogP contribution in [0, 0.1) is 5.82 Å². The number of halogens is 1. The molecule has 5 heterocycles. The molecule has 4 aromatic rings. The van der Waals surface area contributed by atoms with Crippen molar-refractivity contribution in [2.75, 3.05) is 41.5 Å². The summed E-state index contributed by atoms with van der Waals surface area (Å²) in [4.78, 5) is 29.7. The maximum Gasteiger partial charge on any atom is 0.410 e. The van der Waals surface area contributed by atoms with Crippen LogP contribution in [-0.2, 0) is 11.8 Å². The molecule has 1 saturated heterocycles. The first kappa shape index (κ1) is 26.5. The summed E-state index contributed by atoms with van der Waals surface area (Å²) in [6, 6.07) is 9.46. The lowest BCUT2D eigenvalue weighted by atomic mass is 10.0. The van der Waals surface area contributed by atoms with Crippen LogP contribution in [0.1, 0.15) is 33.4 Å². The van der Waals surface area contributed by atoms with Gasteiger partial charge in [-0.2, -0.15) is 5.10 Å². The minimum atomic E-state index is -0.519. The molecular formula is C29H32FN9O2. The van der Waals surface area contributed by atoms with Crippen molar-refractivity contribution in [3.8, 4) is 11.3 Å². The van der Waals surface area contributed by atoms with Crippen molar-refractivity contribution >= 4 is 40.0 Å². The minimum absolute atomic E-state index is 0.209. The lowest BCUT2D eigenvalue weighted by Crippen LogP contribution is -2.50. The summed E-state index contributed by atoms with van der Waals surface area (Å²) in [7, 11) is 1.89. The highest BCUT2D eigenvalue weighted by Gasteiger charge is 2.26. The van der Waals surface area contributed by atoms with E-state index < -0.39 is 11.4 Å². The fraction of sp³-hybridized carbons (Fsp3) is 0.345. The number of carbonyl (C=O) groups excluding carboxylic acids is 1. The number of anilines is 3. The Morgan fingerprint density at radius 3 is 2.54 bits per heavy atom. The second-order valence-electron chi connectivity index (χ2n) is 11.2. The van der Waals surface area contributed by atoms with Gasteiger partial charge in [-0.1, -0.05) is 6.07 Å². The summed E-state index contributed by atoms with van der Waals surface area (Å²) in [6.45, 7) is 10.1. The number of allylic oxidation sites excluding steroid dienone is 1. The van der Waals surface area contributed by atoms with E-state index in [4.69, 9.17) is 4.74 Å². The third-order valence-corrected chi connectivity index (χ3v) is 7.03. The normalized spacial score (nSPS) is 16.5.